The van der Waals surface area contributed by atoms with Crippen LogP contribution in [0.15, 0.2) is 57.1 Å². The first-order valence-corrected chi connectivity index (χ1v) is 11.6. The van der Waals surface area contributed by atoms with Crippen LogP contribution in [0, 0.1) is 5.92 Å². The van der Waals surface area contributed by atoms with Crippen LogP contribution in [-0.4, -0.2) is 36.6 Å². The highest BCUT2D eigenvalue weighted by molar-refractivity contribution is 7.99. The van der Waals surface area contributed by atoms with E-state index in [0.717, 1.165) is 20.9 Å². The summed E-state index contributed by atoms with van der Waals surface area (Å²) in [4.78, 5) is 35.2. The predicted octanol–water partition coefficient (Wildman–Crippen LogP) is 2.97. The molecule has 0 aliphatic carbocycles. The molecule has 2 aromatic heterocycles. The van der Waals surface area contributed by atoms with Crippen LogP contribution in [0.25, 0.3) is 21.9 Å². The first-order chi connectivity index (χ1) is 15.4. The molecule has 7 nitrogen and oxygen atoms in total. The number of thioether (sulfide) groups is 1. The molecule has 4 rings (SSSR count). The van der Waals surface area contributed by atoms with E-state index in [2.05, 4.69) is 29.2 Å². The van der Waals surface area contributed by atoms with Crippen LogP contribution in [0.3, 0.4) is 0 Å². The lowest BCUT2D eigenvalue weighted by atomic mass is 10.0. The molecular weight excluding hydrogens is 424 g/mol. The Hall–Kier alpha value is -2.97. The second kappa shape index (κ2) is 9.26. The van der Waals surface area contributed by atoms with Gasteiger partial charge in [0, 0.05) is 25.8 Å². The highest BCUT2D eigenvalue weighted by Crippen LogP contribution is 2.26. The van der Waals surface area contributed by atoms with Crippen molar-refractivity contribution >= 4 is 33.7 Å². The normalized spacial score (nSPS) is 11.7. The zero-order chi connectivity index (χ0) is 22.8. The quantitative estimate of drug-likeness (QED) is 0.436. The number of hydrogen-bond acceptors (Lipinski definition) is 6. The van der Waals surface area contributed by atoms with E-state index in [1.54, 1.807) is 4.57 Å². The van der Waals surface area contributed by atoms with Gasteiger partial charge in [-0.1, -0.05) is 56.3 Å². The summed E-state index contributed by atoms with van der Waals surface area (Å²) in [6, 6.07) is 14.3. The third-order valence-electron chi connectivity index (χ3n) is 5.31. The second-order valence-corrected chi connectivity index (χ2v) is 9.27. The Morgan fingerprint density at radius 1 is 1.06 bits per heavy atom. The molecule has 0 saturated heterocycles. The first kappa shape index (κ1) is 22.2. The third kappa shape index (κ3) is 4.20. The van der Waals surface area contributed by atoms with Crippen LogP contribution >= 0.6 is 11.8 Å². The van der Waals surface area contributed by atoms with Crippen molar-refractivity contribution in [1.82, 2.24) is 19.1 Å². The molecule has 4 aromatic rings. The van der Waals surface area contributed by atoms with Crippen molar-refractivity contribution in [3.63, 3.8) is 0 Å². The second-order valence-electron chi connectivity index (χ2n) is 8.19. The minimum atomic E-state index is -0.458. The molecule has 2 aromatic carbocycles. The lowest BCUT2D eigenvalue weighted by Crippen LogP contribution is -2.39. The van der Waals surface area contributed by atoms with Crippen LogP contribution in [0.4, 0.5) is 0 Å². The van der Waals surface area contributed by atoms with Crippen molar-refractivity contribution in [3.05, 3.63) is 74.6 Å². The van der Waals surface area contributed by atoms with Crippen molar-refractivity contribution in [2.24, 2.45) is 13.0 Å². The highest BCUT2D eigenvalue weighted by Gasteiger charge is 2.19. The van der Waals surface area contributed by atoms with Crippen molar-refractivity contribution in [2.45, 2.75) is 31.8 Å². The van der Waals surface area contributed by atoms with E-state index >= 15 is 0 Å². The van der Waals surface area contributed by atoms with Crippen LogP contribution in [0.2, 0.25) is 0 Å². The number of rotatable bonds is 7. The van der Waals surface area contributed by atoms with Gasteiger partial charge in [0.25, 0.3) is 5.56 Å². The Kier molecular flexibility index (Phi) is 6.43. The SMILES string of the molecule is CC(C)Cn1c(=O)n(C)c(=O)c2nc(SCCO)c(Cc3cccc4ccccc34)nc21. The molecule has 0 bridgehead atoms. The maximum atomic E-state index is 12.9. The highest BCUT2D eigenvalue weighted by atomic mass is 32.2. The van der Waals surface area contributed by atoms with Crippen molar-refractivity contribution in [3.8, 4) is 0 Å². The monoisotopic (exact) mass is 450 g/mol. The maximum absolute atomic E-state index is 12.9. The van der Waals surface area contributed by atoms with E-state index in [1.165, 1.54) is 18.8 Å². The van der Waals surface area contributed by atoms with Gasteiger partial charge in [0.1, 0.15) is 5.03 Å². The standard InChI is InChI=1S/C24H26N4O3S/c1-15(2)14-28-21-20(23(30)27(3)24(28)31)26-22(32-12-11-29)19(25-21)13-17-9-6-8-16-7-4-5-10-18(16)17/h4-10,15,29H,11-14H2,1-3H3. The zero-order valence-corrected chi connectivity index (χ0v) is 19.2. The number of aliphatic hydroxyl groups excluding tert-OH is 1. The number of hydrogen-bond donors (Lipinski definition) is 1. The molecule has 0 unspecified atom stereocenters. The number of fused-ring (bicyclic) bond motifs is 2. The largest absolute Gasteiger partial charge is 0.396 e. The summed E-state index contributed by atoms with van der Waals surface area (Å²) in [5.41, 5.74) is 1.42. The predicted molar refractivity (Wildman–Crippen MR) is 128 cm³/mol. The van der Waals surface area contributed by atoms with Crippen LogP contribution in [0.1, 0.15) is 25.1 Å². The molecule has 0 aliphatic heterocycles. The zero-order valence-electron chi connectivity index (χ0n) is 18.4. The number of benzene rings is 2. The fourth-order valence-corrected chi connectivity index (χ4v) is 4.55. The lowest BCUT2D eigenvalue weighted by molar-refractivity contribution is 0.322. The molecule has 1 N–H and O–H groups in total. The van der Waals surface area contributed by atoms with Gasteiger partial charge in [-0.2, -0.15) is 0 Å². The molecule has 0 fully saturated rings. The smallest absolute Gasteiger partial charge is 0.332 e. The number of aliphatic hydroxyl groups is 1. The lowest BCUT2D eigenvalue weighted by Gasteiger charge is -2.16. The van der Waals surface area contributed by atoms with Crippen LogP contribution in [0.5, 0.6) is 0 Å². The van der Waals surface area contributed by atoms with Gasteiger partial charge in [-0.05, 0) is 22.3 Å². The van der Waals surface area contributed by atoms with Gasteiger partial charge in [0.05, 0.1) is 12.3 Å². The third-order valence-corrected chi connectivity index (χ3v) is 6.30. The summed E-state index contributed by atoms with van der Waals surface area (Å²) in [7, 11) is 1.47. The Morgan fingerprint density at radius 2 is 1.81 bits per heavy atom. The minimum absolute atomic E-state index is 0.0110. The first-order valence-electron chi connectivity index (χ1n) is 10.6. The van der Waals surface area contributed by atoms with Crippen molar-refractivity contribution in [2.75, 3.05) is 12.4 Å². The minimum Gasteiger partial charge on any atom is -0.396 e. The molecule has 166 valence electrons. The average molecular weight is 451 g/mol. The molecule has 8 heteroatoms. The fraction of sp³-hybridized carbons (Fsp3) is 0.333. The van der Waals surface area contributed by atoms with Gasteiger partial charge in [-0.25, -0.2) is 14.8 Å². The van der Waals surface area contributed by atoms with Gasteiger partial charge in [0.2, 0.25) is 0 Å². The van der Waals surface area contributed by atoms with Gasteiger partial charge < -0.3 is 5.11 Å². The molecule has 0 spiro atoms. The van der Waals surface area contributed by atoms with Gasteiger partial charge in [0.15, 0.2) is 11.2 Å². The van der Waals surface area contributed by atoms with E-state index < -0.39 is 11.2 Å². The van der Waals surface area contributed by atoms with Crippen molar-refractivity contribution in [1.29, 1.82) is 0 Å². The molecule has 32 heavy (non-hydrogen) atoms. The topological polar surface area (TPSA) is 90.0 Å². The molecule has 0 atom stereocenters. The molecular formula is C24H26N4O3S. The van der Waals surface area contributed by atoms with E-state index in [-0.39, 0.29) is 18.0 Å². The molecule has 2 heterocycles. The molecule has 0 aliphatic rings. The summed E-state index contributed by atoms with van der Waals surface area (Å²) >= 11 is 1.37. The number of nitrogens with zero attached hydrogens (tertiary/aromatic N) is 4. The summed E-state index contributed by atoms with van der Waals surface area (Å²) in [5, 5.41) is 12.2. The molecule has 0 radical (unpaired) electrons. The Labute approximate surface area is 189 Å². The average Bonchev–Trinajstić information content (AvgIpc) is 2.79. The van der Waals surface area contributed by atoms with E-state index in [4.69, 9.17) is 4.98 Å². The number of aromatic nitrogens is 4. The van der Waals surface area contributed by atoms with Gasteiger partial charge in [-0.15, -0.1) is 11.8 Å². The maximum Gasteiger partial charge on any atom is 0.332 e. The summed E-state index contributed by atoms with van der Waals surface area (Å²) in [5.74, 6) is 0.634. The van der Waals surface area contributed by atoms with Crippen LogP contribution < -0.4 is 11.2 Å². The summed E-state index contributed by atoms with van der Waals surface area (Å²) < 4.78 is 2.63. The summed E-state index contributed by atoms with van der Waals surface area (Å²) in [6.45, 7) is 4.45. The van der Waals surface area contributed by atoms with E-state index in [1.807, 2.05) is 32.0 Å². The molecule has 0 amide bonds. The van der Waals surface area contributed by atoms with Crippen molar-refractivity contribution < 1.29 is 5.11 Å². The molecule has 0 saturated carbocycles. The fourth-order valence-electron chi connectivity index (χ4n) is 3.82. The van der Waals surface area contributed by atoms with Gasteiger partial charge in [-0.3, -0.25) is 13.9 Å². The van der Waals surface area contributed by atoms with Crippen LogP contribution in [-0.2, 0) is 20.0 Å². The Bertz CT molecular complexity index is 1400. The Balaban J connectivity index is 1.96. The van der Waals surface area contributed by atoms with E-state index in [9.17, 15) is 14.7 Å². The summed E-state index contributed by atoms with van der Waals surface area (Å²) in [6.07, 6.45) is 0.503. The van der Waals surface area contributed by atoms with Gasteiger partial charge >= 0.3 is 5.69 Å². The Morgan fingerprint density at radius 3 is 2.56 bits per heavy atom. The van der Waals surface area contributed by atoms with E-state index in [0.29, 0.717) is 35.1 Å².